The first-order chi connectivity index (χ1) is 16.4. The Morgan fingerprint density at radius 2 is 1.82 bits per heavy atom. The highest BCUT2D eigenvalue weighted by Gasteiger charge is 2.16. The van der Waals surface area contributed by atoms with Crippen LogP contribution in [0, 0.1) is 19.8 Å². The number of rotatable bonds is 9. The molecule has 1 unspecified atom stereocenters. The van der Waals surface area contributed by atoms with Crippen LogP contribution in [0.4, 0.5) is 0 Å². The highest BCUT2D eigenvalue weighted by molar-refractivity contribution is 5.88. The summed E-state index contributed by atoms with van der Waals surface area (Å²) in [5.41, 5.74) is 6.80. The summed E-state index contributed by atoms with van der Waals surface area (Å²) >= 11 is 0. The molecular formula is C28H34N4O2. The Hall–Kier alpha value is -3.25. The van der Waals surface area contributed by atoms with Crippen molar-refractivity contribution in [2.45, 2.75) is 60.0 Å². The average Bonchev–Trinajstić information content (AvgIpc) is 3.18. The topological polar surface area (TPSA) is 73.1 Å². The maximum atomic E-state index is 9.70. The van der Waals surface area contributed by atoms with Crippen LogP contribution in [-0.2, 0) is 6.42 Å². The van der Waals surface area contributed by atoms with Gasteiger partial charge in [-0.05, 0) is 75.3 Å². The van der Waals surface area contributed by atoms with Gasteiger partial charge in [-0.15, -0.1) is 10.2 Å². The van der Waals surface area contributed by atoms with E-state index < -0.39 is 0 Å². The SMILES string of the molecule is CCC(CO)CCc1cn(-c2ccc(OC(C)C)nn2)c2cnc(-c3c(C)cccc3C)cc12. The van der Waals surface area contributed by atoms with Crippen molar-refractivity contribution in [2.75, 3.05) is 6.61 Å². The lowest BCUT2D eigenvalue weighted by Gasteiger charge is -2.11. The molecule has 0 fully saturated rings. The van der Waals surface area contributed by atoms with Crippen molar-refractivity contribution in [1.29, 1.82) is 0 Å². The molecule has 3 aromatic heterocycles. The lowest BCUT2D eigenvalue weighted by molar-refractivity contribution is 0.215. The van der Waals surface area contributed by atoms with E-state index in [2.05, 4.69) is 66.0 Å². The van der Waals surface area contributed by atoms with E-state index in [0.29, 0.717) is 11.8 Å². The van der Waals surface area contributed by atoms with Gasteiger partial charge in [-0.2, -0.15) is 0 Å². The first-order valence-corrected chi connectivity index (χ1v) is 12.1. The molecule has 6 heteroatoms. The fourth-order valence-electron chi connectivity index (χ4n) is 4.47. The van der Waals surface area contributed by atoms with E-state index in [-0.39, 0.29) is 12.7 Å². The third-order valence-electron chi connectivity index (χ3n) is 6.40. The predicted molar refractivity (Wildman–Crippen MR) is 137 cm³/mol. The van der Waals surface area contributed by atoms with Crippen molar-refractivity contribution in [3.63, 3.8) is 0 Å². The molecular weight excluding hydrogens is 424 g/mol. The molecule has 0 aliphatic carbocycles. The smallest absolute Gasteiger partial charge is 0.233 e. The maximum absolute atomic E-state index is 9.70. The number of aryl methyl sites for hydroxylation is 3. The van der Waals surface area contributed by atoms with Crippen LogP contribution in [-0.4, -0.2) is 37.6 Å². The molecule has 3 heterocycles. The van der Waals surface area contributed by atoms with Crippen molar-refractivity contribution in [3.8, 4) is 23.0 Å². The minimum atomic E-state index is 0.0460. The number of nitrogens with zero attached hydrogens (tertiary/aromatic N) is 4. The largest absolute Gasteiger partial charge is 0.474 e. The van der Waals surface area contributed by atoms with Crippen LogP contribution in [0.1, 0.15) is 50.3 Å². The summed E-state index contributed by atoms with van der Waals surface area (Å²) in [6.45, 7) is 10.5. The zero-order valence-electron chi connectivity index (χ0n) is 20.7. The van der Waals surface area contributed by atoms with Crippen molar-refractivity contribution >= 4 is 10.9 Å². The average molecular weight is 459 g/mol. The molecule has 6 nitrogen and oxygen atoms in total. The second-order valence-corrected chi connectivity index (χ2v) is 9.27. The number of aromatic nitrogens is 4. The number of aliphatic hydroxyl groups is 1. The molecule has 0 amide bonds. The van der Waals surface area contributed by atoms with E-state index in [4.69, 9.17) is 9.72 Å². The molecule has 178 valence electrons. The molecule has 0 bridgehead atoms. The maximum Gasteiger partial charge on any atom is 0.233 e. The zero-order chi connectivity index (χ0) is 24.2. The van der Waals surface area contributed by atoms with Crippen LogP contribution in [0.3, 0.4) is 0 Å². The van der Waals surface area contributed by atoms with E-state index in [9.17, 15) is 5.11 Å². The lowest BCUT2D eigenvalue weighted by atomic mass is 9.96. The molecule has 0 saturated carbocycles. The summed E-state index contributed by atoms with van der Waals surface area (Å²) in [6, 6.07) is 12.3. The molecule has 1 atom stereocenters. The summed E-state index contributed by atoms with van der Waals surface area (Å²) in [6.07, 6.45) is 6.89. The molecule has 1 N–H and O–H groups in total. The Morgan fingerprint density at radius 1 is 1.06 bits per heavy atom. The Balaban J connectivity index is 1.80. The third kappa shape index (κ3) is 4.97. The molecule has 1 aromatic carbocycles. The minimum Gasteiger partial charge on any atom is -0.474 e. The van der Waals surface area contributed by atoms with Gasteiger partial charge in [0, 0.05) is 29.8 Å². The zero-order valence-corrected chi connectivity index (χ0v) is 20.7. The summed E-state index contributed by atoms with van der Waals surface area (Å²) < 4.78 is 7.71. The predicted octanol–water partition coefficient (Wildman–Crippen LogP) is 5.84. The van der Waals surface area contributed by atoms with Crippen LogP contribution < -0.4 is 4.74 Å². The lowest BCUT2D eigenvalue weighted by Crippen LogP contribution is -2.08. The highest BCUT2D eigenvalue weighted by atomic mass is 16.5. The molecule has 0 saturated heterocycles. The fraction of sp³-hybridized carbons (Fsp3) is 0.393. The van der Waals surface area contributed by atoms with Crippen LogP contribution >= 0.6 is 0 Å². The third-order valence-corrected chi connectivity index (χ3v) is 6.40. The number of benzene rings is 1. The number of fused-ring (bicyclic) bond motifs is 1. The molecule has 0 aliphatic heterocycles. The van der Waals surface area contributed by atoms with Gasteiger partial charge in [0.25, 0.3) is 0 Å². The molecule has 0 aliphatic rings. The normalized spacial score (nSPS) is 12.4. The number of ether oxygens (including phenoxy) is 1. The Labute approximate surface area is 201 Å². The second-order valence-electron chi connectivity index (χ2n) is 9.27. The number of hydrogen-bond donors (Lipinski definition) is 1. The van der Waals surface area contributed by atoms with E-state index in [1.54, 1.807) is 0 Å². The standard InChI is InChI=1S/C28H34N4O2/c1-6-21(17-33)10-11-22-16-32(26-12-13-27(31-30-26)34-18(2)3)25-15-29-24(14-23(22)25)28-19(4)8-7-9-20(28)5/h7-9,12-16,18,21,33H,6,10-11,17H2,1-5H3. The Bertz CT molecular complexity index is 1240. The van der Waals surface area contributed by atoms with Crippen molar-refractivity contribution in [1.82, 2.24) is 19.7 Å². The van der Waals surface area contributed by atoms with E-state index in [1.165, 1.54) is 22.3 Å². The molecule has 0 spiro atoms. The summed E-state index contributed by atoms with van der Waals surface area (Å²) in [5.74, 6) is 1.54. The summed E-state index contributed by atoms with van der Waals surface area (Å²) in [5, 5.41) is 19.5. The van der Waals surface area contributed by atoms with Crippen LogP contribution in [0.5, 0.6) is 5.88 Å². The van der Waals surface area contributed by atoms with Gasteiger partial charge < -0.3 is 9.84 Å². The number of pyridine rings is 1. The van der Waals surface area contributed by atoms with Gasteiger partial charge in [0.05, 0.1) is 23.5 Å². The van der Waals surface area contributed by atoms with E-state index >= 15 is 0 Å². The van der Waals surface area contributed by atoms with Gasteiger partial charge in [0.2, 0.25) is 5.88 Å². The Kier molecular flexibility index (Phi) is 7.27. The highest BCUT2D eigenvalue weighted by Crippen LogP contribution is 2.32. The molecule has 4 rings (SSSR count). The Morgan fingerprint density at radius 3 is 2.44 bits per heavy atom. The van der Waals surface area contributed by atoms with Gasteiger partial charge in [0.1, 0.15) is 0 Å². The van der Waals surface area contributed by atoms with E-state index in [0.717, 1.165) is 41.7 Å². The first kappa shape index (κ1) is 23.9. The monoisotopic (exact) mass is 458 g/mol. The van der Waals surface area contributed by atoms with Crippen LogP contribution in [0.25, 0.3) is 28.0 Å². The van der Waals surface area contributed by atoms with Gasteiger partial charge in [-0.3, -0.25) is 9.55 Å². The van der Waals surface area contributed by atoms with Crippen molar-refractivity contribution in [2.24, 2.45) is 5.92 Å². The minimum absolute atomic E-state index is 0.0460. The van der Waals surface area contributed by atoms with Gasteiger partial charge in [-0.25, -0.2) is 0 Å². The van der Waals surface area contributed by atoms with Crippen LogP contribution in [0.2, 0.25) is 0 Å². The van der Waals surface area contributed by atoms with Gasteiger partial charge >= 0.3 is 0 Å². The van der Waals surface area contributed by atoms with Gasteiger partial charge in [0.15, 0.2) is 5.82 Å². The van der Waals surface area contributed by atoms with Crippen LogP contribution in [0.15, 0.2) is 48.8 Å². The first-order valence-electron chi connectivity index (χ1n) is 12.1. The molecule has 4 aromatic rings. The second kappa shape index (κ2) is 10.3. The molecule has 0 radical (unpaired) electrons. The summed E-state index contributed by atoms with van der Waals surface area (Å²) in [4.78, 5) is 4.85. The van der Waals surface area contributed by atoms with Crippen molar-refractivity contribution in [3.05, 3.63) is 65.5 Å². The summed E-state index contributed by atoms with van der Waals surface area (Å²) in [7, 11) is 0. The molecule has 34 heavy (non-hydrogen) atoms. The van der Waals surface area contributed by atoms with Gasteiger partial charge in [-0.1, -0.05) is 31.5 Å². The van der Waals surface area contributed by atoms with E-state index in [1.807, 2.05) is 32.2 Å². The quantitative estimate of drug-likeness (QED) is 0.341. The fourth-order valence-corrected chi connectivity index (χ4v) is 4.47. The number of aliphatic hydroxyl groups excluding tert-OH is 1. The number of hydrogen-bond acceptors (Lipinski definition) is 5. The van der Waals surface area contributed by atoms with Crippen molar-refractivity contribution < 1.29 is 9.84 Å².